The Balaban J connectivity index is 2.07. The molecule has 0 aliphatic rings. The SMILES string of the molecule is CCC(C)CS(=O)(=O)c1cc(C#N)c(C#N)cc1NNC(=O)NCCCOc1cc(C(C)(C)CC)ccc1C(C)(C)CC. The zero-order valence-electron chi connectivity index (χ0n) is 26.8. The lowest BCUT2D eigenvalue weighted by Crippen LogP contribution is -2.40. The minimum absolute atomic E-state index is 0.00357. The van der Waals surface area contributed by atoms with Crippen LogP contribution in [0.25, 0.3) is 0 Å². The lowest BCUT2D eigenvalue weighted by molar-refractivity contribution is 0.240. The first-order valence-electron chi connectivity index (χ1n) is 14.9. The summed E-state index contributed by atoms with van der Waals surface area (Å²) in [4.78, 5) is 12.4. The first kappa shape index (κ1) is 35.4. The van der Waals surface area contributed by atoms with Crippen LogP contribution in [0.3, 0.4) is 0 Å². The highest BCUT2D eigenvalue weighted by Crippen LogP contribution is 2.38. The zero-order chi connectivity index (χ0) is 32.4. The number of hydrogen-bond donors (Lipinski definition) is 3. The minimum atomic E-state index is -3.80. The van der Waals surface area contributed by atoms with Gasteiger partial charge in [-0.3, -0.25) is 10.9 Å². The molecule has 0 fully saturated rings. The van der Waals surface area contributed by atoms with Crippen LogP contribution < -0.4 is 20.9 Å². The normalized spacial score (nSPS) is 12.5. The molecule has 2 aromatic rings. The van der Waals surface area contributed by atoms with Crippen LogP contribution in [0.5, 0.6) is 5.75 Å². The average molecular weight is 610 g/mol. The molecular formula is C33H47N5O4S. The third kappa shape index (κ3) is 9.36. The molecule has 1 unspecified atom stereocenters. The van der Waals surface area contributed by atoms with Crippen LogP contribution in [0.1, 0.15) is 103 Å². The number of nitrogens with zero attached hydrogens (tertiary/aromatic N) is 2. The van der Waals surface area contributed by atoms with Crippen molar-refractivity contribution >= 4 is 21.6 Å². The van der Waals surface area contributed by atoms with E-state index in [0.29, 0.717) is 26.0 Å². The maximum atomic E-state index is 13.1. The average Bonchev–Trinajstić information content (AvgIpc) is 2.98. The molecule has 2 aromatic carbocycles. The van der Waals surface area contributed by atoms with E-state index in [2.05, 4.69) is 75.9 Å². The molecule has 10 heteroatoms. The number of sulfone groups is 1. The Morgan fingerprint density at radius 2 is 1.60 bits per heavy atom. The minimum Gasteiger partial charge on any atom is -0.493 e. The van der Waals surface area contributed by atoms with Crippen molar-refractivity contribution in [2.75, 3.05) is 24.3 Å². The number of urea groups is 1. The van der Waals surface area contributed by atoms with Crippen molar-refractivity contribution in [1.29, 1.82) is 10.5 Å². The van der Waals surface area contributed by atoms with Crippen molar-refractivity contribution < 1.29 is 17.9 Å². The molecule has 0 saturated heterocycles. The molecule has 0 bridgehead atoms. The van der Waals surface area contributed by atoms with E-state index in [1.54, 1.807) is 0 Å². The molecule has 1 atom stereocenters. The molecule has 2 amide bonds. The van der Waals surface area contributed by atoms with Gasteiger partial charge in [-0.2, -0.15) is 10.5 Å². The van der Waals surface area contributed by atoms with Gasteiger partial charge in [-0.05, 0) is 65.3 Å². The van der Waals surface area contributed by atoms with E-state index in [1.807, 2.05) is 26.0 Å². The summed E-state index contributed by atoms with van der Waals surface area (Å²) >= 11 is 0. The highest BCUT2D eigenvalue weighted by Gasteiger charge is 2.26. The van der Waals surface area contributed by atoms with E-state index in [4.69, 9.17) is 4.74 Å². The predicted octanol–water partition coefficient (Wildman–Crippen LogP) is 6.72. The van der Waals surface area contributed by atoms with Crippen LogP contribution in [-0.2, 0) is 20.7 Å². The van der Waals surface area contributed by atoms with Crippen LogP contribution in [-0.4, -0.2) is 33.4 Å². The lowest BCUT2D eigenvalue weighted by Gasteiger charge is -2.29. The van der Waals surface area contributed by atoms with Gasteiger partial charge in [0.2, 0.25) is 0 Å². The van der Waals surface area contributed by atoms with Crippen LogP contribution in [0, 0.1) is 28.6 Å². The number of rotatable bonds is 15. The van der Waals surface area contributed by atoms with E-state index in [1.165, 1.54) is 17.7 Å². The summed E-state index contributed by atoms with van der Waals surface area (Å²) in [6.45, 7) is 17.6. The van der Waals surface area contributed by atoms with Crippen LogP contribution >= 0.6 is 0 Å². The van der Waals surface area contributed by atoms with E-state index in [9.17, 15) is 23.7 Å². The Kier molecular flexibility index (Phi) is 12.5. The first-order valence-corrected chi connectivity index (χ1v) is 16.6. The third-order valence-corrected chi connectivity index (χ3v) is 10.3. The Morgan fingerprint density at radius 1 is 0.977 bits per heavy atom. The van der Waals surface area contributed by atoms with Crippen molar-refractivity contribution in [3.63, 3.8) is 0 Å². The van der Waals surface area contributed by atoms with Crippen molar-refractivity contribution in [1.82, 2.24) is 10.7 Å². The number of nitriles is 2. The summed E-state index contributed by atoms with van der Waals surface area (Å²) in [6, 6.07) is 12.1. The number of ether oxygens (including phenoxy) is 1. The van der Waals surface area contributed by atoms with E-state index >= 15 is 0 Å². The smallest absolute Gasteiger partial charge is 0.333 e. The van der Waals surface area contributed by atoms with E-state index in [-0.39, 0.29) is 44.2 Å². The third-order valence-electron chi connectivity index (χ3n) is 8.33. The Labute approximate surface area is 257 Å². The van der Waals surface area contributed by atoms with Gasteiger partial charge in [0.25, 0.3) is 0 Å². The molecule has 0 heterocycles. The second-order valence-electron chi connectivity index (χ2n) is 12.3. The maximum absolute atomic E-state index is 13.1. The van der Waals surface area contributed by atoms with Gasteiger partial charge in [0, 0.05) is 6.54 Å². The maximum Gasteiger partial charge on any atom is 0.333 e. The number of anilines is 1. The molecule has 3 N–H and O–H groups in total. The molecule has 234 valence electrons. The van der Waals surface area contributed by atoms with Gasteiger partial charge in [-0.25, -0.2) is 13.2 Å². The lowest BCUT2D eigenvalue weighted by atomic mass is 9.77. The highest BCUT2D eigenvalue weighted by atomic mass is 32.2. The Hall–Kier alpha value is -3.76. The van der Waals surface area contributed by atoms with Gasteiger partial charge in [-0.1, -0.05) is 73.9 Å². The molecule has 0 aliphatic carbocycles. The quantitative estimate of drug-likeness (QED) is 0.150. The molecule has 43 heavy (non-hydrogen) atoms. The molecule has 0 spiro atoms. The number of hydrazine groups is 1. The Bertz CT molecular complexity index is 1470. The molecule has 0 aliphatic heterocycles. The topological polar surface area (TPSA) is 144 Å². The molecule has 0 aromatic heterocycles. The van der Waals surface area contributed by atoms with Gasteiger partial charge in [-0.15, -0.1) is 0 Å². The fourth-order valence-electron chi connectivity index (χ4n) is 4.34. The second-order valence-corrected chi connectivity index (χ2v) is 14.3. The van der Waals surface area contributed by atoms with Gasteiger partial charge in [0.05, 0.1) is 34.1 Å². The first-order chi connectivity index (χ1) is 20.1. The number of nitrogens with one attached hydrogen (secondary N) is 3. The number of amides is 2. The molecule has 9 nitrogen and oxygen atoms in total. The van der Waals surface area contributed by atoms with Crippen molar-refractivity contribution in [2.45, 2.75) is 96.8 Å². The molecular weight excluding hydrogens is 562 g/mol. The zero-order valence-corrected chi connectivity index (χ0v) is 27.7. The van der Waals surface area contributed by atoms with Gasteiger partial charge in [0.15, 0.2) is 9.84 Å². The summed E-state index contributed by atoms with van der Waals surface area (Å²) in [5.41, 5.74) is 7.40. The second kappa shape index (κ2) is 15.1. The Morgan fingerprint density at radius 3 is 2.19 bits per heavy atom. The fourth-order valence-corrected chi connectivity index (χ4v) is 6.25. The van der Waals surface area contributed by atoms with Crippen LogP contribution in [0.2, 0.25) is 0 Å². The number of carbonyl (C=O) groups is 1. The highest BCUT2D eigenvalue weighted by molar-refractivity contribution is 7.91. The molecule has 0 radical (unpaired) electrons. The summed E-state index contributed by atoms with van der Waals surface area (Å²) < 4.78 is 32.5. The van der Waals surface area contributed by atoms with Crippen molar-refractivity contribution in [2.24, 2.45) is 5.92 Å². The monoisotopic (exact) mass is 609 g/mol. The standard InChI is InChI=1S/C33H47N5O4S/c1-9-23(4)22-43(40,41)30-18-25(21-35)24(20-34)17-28(30)37-38-31(39)36-15-12-16-42-29-19-26(32(5,6)10-2)13-14-27(29)33(7,8)11-3/h13-14,17-19,23,37H,9-12,15-16,22H2,1-8H3,(H2,36,38,39). The van der Waals surface area contributed by atoms with Crippen LogP contribution in [0.4, 0.5) is 10.5 Å². The summed E-state index contributed by atoms with van der Waals surface area (Å²) in [6.07, 6.45) is 3.17. The number of hydrogen-bond acceptors (Lipinski definition) is 7. The largest absolute Gasteiger partial charge is 0.493 e. The van der Waals surface area contributed by atoms with Gasteiger partial charge in [0.1, 0.15) is 17.9 Å². The van der Waals surface area contributed by atoms with E-state index in [0.717, 1.165) is 24.2 Å². The number of benzene rings is 2. The van der Waals surface area contributed by atoms with Crippen LogP contribution in [0.15, 0.2) is 35.2 Å². The van der Waals surface area contributed by atoms with Gasteiger partial charge >= 0.3 is 6.03 Å². The molecule has 0 saturated carbocycles. The van der Waals surface area contributed by atoms with E-state index < -0.39 is 15.9 Å². The summed E-state index contributed by atoms with van der Waals surface area (Å²) in [7, 11) is -3.80. The summed E-state index contributed by atoms with van der Waals surface area (Å²) in [5.74, 6) is 0.622. The fraction of sp³-hybridized carbons (Fsp3) is 0.545. The van der Waals surface area contributed by atoms with Crippen molar-refractivity contribution in [3.8, 4) is 17.9 Å². The molecule has 2 rings (SSSR count). The predicted molar refractivity (Wildman–Crippen MR) is 171 cm³/mol. The van der Waals surface area contributed by atoms with Gasteiger partial charge < -0.3 is 10.1 Å². The summed E-state index contributed by atoms with van der Waals surface area (Å²) in [5, 5.41) is 21.6. The van der Waals surface area contributed by atoms with Crippen molar-refractivity contribution in [3.05, 3.63) is 52.6 Å². The number of carbonyl (C=O) groups excluding carboxylic acids is 1.